The molecule has 2 aromatic rings. The number of fused-ring (bicyclic) bond motifs is 2. The summed E-state index contributed by atoms with van der Waals surface area (Å²) in [5.74, 6) is 1.08. The van der Waals surface area contributed by atoms with E-state index in [0.717, 1.165) is 24.8 Å². The van der Waals surface area contributed by atoms with Gasteiger partial charge in [-0.3, -0.25) is 0 Å². The molecule has 0 aliphatic heterocycles. The van der Waals surface area contributed by atoms with E-state index >= 15 is 0 Å². The van der Waals surface area contributed by atoms with Crippen molar-refractivity contribution in [2.75, 3.05) is 0 Å². The van der Waals surface area contributed by atoms with Gasteiger partial charge in [0.25, 0.3) is 0 Å². The van der Waals surface area contributed by atoms with E-state index in [9.17, 15) is 5.11 Å². The minimum absolute atomic E-state index is 0.493. The molecule has 0 unspecified atom stereocenters. The van der Waals surface area contributed by atoms with Gasteiger partial charge in [0.15, 0.2) is 0 Å². The minimum Gasteiger partial charge on any atom is -0.385 e. The van der Waals surface area contributed by atoms with Crippen LogP contribution >= 0.6 is 0 Å². The number of allylic oxidation sites excluding steroid dienone is 2. The molecule has 0 spiro atoms. The second kappa shape index (κ2) is 5.40. The summed E-state index contributed by atoms with van der Waals surface area (Å²) in [6, 6.07) is 20.9. The average molecular weight is 290 g/mol. The van der Waals surface area contributed by atoms with Gasteiger partial charge in [-0.15, -0.1) is 0 Å². The molecule has 0 radical (unpaired) electrons. The summed E-state index contributed by atoms with van der Waals surface area (Å²) in [6.07, 6.45) is 6.47. The molecular weight excluding hydrogens is 268 g/mol. The summed E-state index contributed by atoms with van der Waals surface area (Å²) in [4.78, 5) is 0. The Morgan fingerprint density at radius 3 is 2.23 bits per heavy atom. The number of aliphatic hydroxyl groups is 1. The monoisotopic (exact) mass is 290 g/mol. The maximum absolute atomic E-state index is 11.2. The lowest BCUT2D eigenvalue weighted by atomic mass is 9.64. The molecule has 1 saturated carbocycles. The van der Waals surface area contributed by atoms with Crippen LogP contribution in [0.4, 0.5) is 0 Å². The molecule has 1 nitrogen and oxygen atoms in total. The van der Waals surface area contributed by atoms with E-state index in [-0.39, 0.29) is 0 Å². The first kappa shape index (κ1) is 13.8. The van der Waals surface area contributed by atoms with Crippen molar-refractivity contribution < 1.29 is 5.11 Å². The molecule has 0 saturated heterocycles. The van der Waals surface area contributed by atoms with Crippen LogP contribution in [0.15, 0.2) is 66.7 Å². The third-order valence-corrected chi connectivity index (χ3v) is 5.26. The Balaban J connectivity index is 1.63. The fourth-order valence-electron chi connectivity index (χ4n) is 4.39. The first-order valence-electron chi connectivity index (χ1n) is 8.27. The fraction of sp³-hybridized carbons (Fsp3) is 0.333. The predicted molar refractivity (Wildman–Crippen MR) is 90.2 cm³/mol. The summed E-state index contributed by atoms with van der Waals surface area (Å²) < 4.78 is 0. The quantitative estimate of drug-likeness (QED) is 0.844. The maximum atomic E-state index is 11.2. The summed E-state index contributed by atoms with van der Waals surface area (Å²) >= 11 is 0. The first-order chi connectivity index (χ1) is 10.7. The standard InChI is InChI=1S/C21H22O/c22-21(20-9-5-2-6-10-20)14-16-11-17(15-21)13-19(12-16)18-7-3-1-4-8-18/h1-10,12,16-17,22H,11,13-15H2/t16-,17+,21-/m1/s1. The zero-order valence-electron chi connectivity index (χ0n) is 12.8. The van der Waals surface area contributed by atoms with Gasteiger partial charge in [0.05, 0.1) is 5.60 Å². The Labute approximate surface area is 132 Å². The van der Waals surface area contributed by atoms with Crippen LogP contribution < -0.4 is 0 Å². The molecule has 2 aromatic carbocycles. The Kier molecular flexibility index (Phi) is 3.38. The van der Waals surface area contributed by atoms with Gasteiger partial charge in [0, 0.05) is 0 Å². The smallest absolute Gasteiger partial charge is 0.0904 e. The van der Waals surface area contributed by atoms with Gasteiger partial charge in [-0.1, -0.05) is 66.7 Å². The molecule has 4 rings (SSSR count). The fourth-order valence-corrected chi connectivity index (χ4v) is 4.39. The molecule has 3 atom stereocenters. The molecule has 22 heavy (non-hydrogen) atoms. The largest absolute Gasteiger partial charge is 0.385 e. The van der Waals surface area contributed by atoms with Gasteiger partial charge in [0.2, 0.25) is 0 Å². The van der Waals surface area contributed by atoms with Gasteiger partial charge < -0.3 is 5.11 Å². The summed E-state index contributed by atoms with van der Waals surface area (Å²) in [7, 11) is 0. The molecule has 1 heteroatoms. The van der Waals surface area contributed by atoms with Gasteiger partial charge in [-0.2, -0.15) is 0 Å². The van der Waals surface area contributed by atoms with Crippen molar-refractivity contribution >= 4 is 5.57 Å². The van der Waals surface area contributed by atoms with Crippen molar-refractivity contribution in [3.63, 3.8) is 0 Å². The van der Waals surface area contributed by atoms with Crippen molar-refractivity contribution in [2.45, 2.75) is 31.3 Å². The van der Waals surface area contributed by atoms with E-state index < -0.39 is 5.60 Å². The Bertz CT molecular complexity index is 674. The molecular formula is C21H22O. The van der Waals surface area contributed by atoms with Crippen molar-refractivity contribution in [1.29, 1.82) is 0 Å². The van der Waals surface area contributed by atoms with Crippen molar-refractivity contribution in [2.24, 2.45) is 11.8 Å². The topological polar surface area (TPSA) is 20.2 Å². The van der Waals surface area contributed by atoms with Gasteiger partial charge >= 0.3 is 0 Å². The molecule has 2 bridgehead atoms. The van der Waals surface area contributed by atoms with Crippen molar-refractivity contribution in [1.82, 2.24) is 0 Å². The minimum atomic E-state index is -0.645. The van der Waals surface area contributed by atoms with Crippen LogP contribution in [0.25, 0.3) is 5.57 Å². The van der Waals surface area contributed by atoms with E-state index in [1.165, 1.54) is 17.6 Å². The molecule has 0 amide bonds. The molecule has 112 valence electrons. The Morgan fingerprint density at radius 1 is 0.864 bits per heavy atom. The Hall–Kier alpha value is -1.86. The highest BCUT2D eigenvalue weighted by molar-refractivity contribution is 5.67. The normalized spacial score (nSPS) is 30.7. The molecule has 1 fully saturated rings. The van der Waals surface area contributed by atoms with E-state index in [2.05, 4.69) is 48.5 Å². The van der Waals surface area contributed by atoms with Crippen molar-refractivity contribution in [3.05, 3.63) is 77.9 Å². The molecule has 0 heterocycles. The van der Waals surface area contributed by atoms with Crippen LogP contribution in [0.1, 0.15) is 36.8 Å². The summed E-state index contributed by atoms with van der Waals surface area (Å²) in [6.45, 7) is 0. The van der Waals surface area contributed by atoms with Crippen LogP contribution in [0.3, 0.4) is 0 Å². The second-order valence-electron chi connectivity index (χ2n) is 6.93. The van der Waals surface area contributed by atoms with E-state index in [1.54, 1.807) is 0 Å². The van der Waals surface area contributed by atoms with E-state index in [4.69, 9.17) is 0 Å². The molecule has 0 aromatic heterocycles. The van der Waals surface area contributed by atoms with Crippen molar-refractivity contribution in [3.8, 4) is 0 Å². The summed E-state index contributed by atoms with van der Waals surface area (Å²) in [5.41, 5.74) is 3.26. The van der Waals surface area contributed by atoms with Gasteiger partial charge in [-0.25, -0.2) is 0 Å². The lowest BCUT2D eigenvalue weighted by molar-refractivity contribution is -0.0360. The highest BCUT2D eigenvalue weighted by Crippen LogP contribution is 2.49. The SMILES string of the molecule is O[C@]1(c2ccccc2)C[C@H]2C=C(c3ccccc3)C[C@H](C2)C1. The molecule has 2 aliphatic carbocycles. The van der Waals surface area contributed by atoms with E-state index in [0.29, 0.717) is 11.8 Å². The van der Waals surface area contributed by atoms with Crippen LogP contribution in [-0.4, -0.2) is 5.11 Å². The zero-order valence-corrected chi connectivity index (χ0v) is 12.8. The number of hydrogen-bond donors (Lipinski definition) is 1. The van der Waals surface area contributed by atoms with E-state index in [1.807, 2.05) is 18.2 Å². The van der Waals surface area contributed by atoms with Crippen LogP contribution in [-0.2, 0) is 5.60 Å². The lowest BCUT2D eigenvalue weighted by Gasteiger charge is -2.44. The Morgan fingerprint density at radius 2 is 1.55 bits per heavy atom. The van der Waals surface area contributed by atoms with Gasteiger partial charge in [0.1, 0.15) is 0 Å². The van der Waals surface area contributed by atoms with Crippen LogP contribution in [0, 0.1) is 11.8 Å². The highest BCUT2D eigenvalue weighted by Gasteiger charge is 2.41. The van der Waals surface area contributed by atoms with Crippen LogP contribution in [0.5, 0.6) is 0 Å². The number of benzene rings is 2. The first-order valence-corrected chi connectivity index (χ1v) is 8.27. The van der Waals surface area contributed by atoms with Crippen LogP contribution in [0.2, 0.25) is 0 Å². The number of rotatable bonds is 2. The third kappa shape index (κ3) is 2.50. The third-order valence-electron chi connectivity index (χ3n) is 5.26. The lowest BCUT2D eigenvalue weighted by Crippen LogP contribution is -2.38. The molecule has 1 N–H and O–H groups in total. The number of hydrogen-bond acceptors (Lipinski definition) is 1. The maximum Gasteiger partial charge on any atom is 0.0904 e. The highest BCUT2D eigenvalue weighted by atomic mass is 16.3. The van der Waals surface area contributed by atoms with Gasteiger partial charge in [-0.05, 0) is 54.2 Å². The summed E-state index contributed by atoms with van der Waals surface area (Å²) in [5, 5.41) is 11.2. The zero-order chi connectivity index (χ0) is 15.0. The second-order valence-corrected chi connectivity index (χ2v) is 6.93. The predicted octanol–water partition coefficient (Wildman–Crippen LogP) is 4.78. The molecule has 2 aliphatic rings. The average Bonchev–Trinajstić information content (AvgIpc) is 2.55.